The van der Waals surface area contributed by atoms with Crippen molar-refractivity contribution in [1.82, 2.24) is 14.3 Å². The fourth-order valence-corrected chi connectivity index (χ4v) is 6.52. The third-order valence-electron chi connectivity index (χ3n) is 6.17. The predicted molar refractivity (Wildman–Crippen MR) is 126 cm³/mol. The lowest BCUT2D eigenvalue weighted by Crippen LogP contribution is -2.54. The molecule has 3 unspecified atom stereocenters. The van der Waals surface area contributed by atoms with Gasteiger partial charge in [0.15, 0.2) is 0 Å². The number of fused-ring (bicyclic) bond motifs is 3. The number of aromatic nitrogens is 2. The lowest BCUT2D eigenvalue weighted by Gasteiger charge is -2.46. The van der Waals surface area contributed by atoms with Crippen LogP contribution in [0.25, 0.3) is 11.1 Å². The molecule has 9 nitrogen and oxygen atoms in total. The molecule has 4 rings (SSSR count). The Kier molecular flexibility index (Phi) is 6.52. The third-order valence-corrected chi connectivity index (χ3v) is 7.66. The molecule has 2 aliphatic heterocycles. The van der Waals surface area contributed by atoms with Gasteiger partial charge in [0.1, 0.15) is 5.39 Å². The summed E-state index contributed by atoms with van der Waals surface area (Å²) in [7, 11) is -2.29. The molecule has 0 amide bonds. The number of nitrogens with zero attached hydrogens (tertiary/aromatic N) is 3. The number of hydrogen-bond donors (Lipinski definition) is 1. The second-order valence-corrected chi connectivity index (χ2v) is 11.2. The predicted octanol–water partition coefficient (Wildman–Crippen LogP) is 2.62. The van der Waals surface area contributed by atoms with Gasteiger partial charge in [-0.2, -0.15) is 4.98 Å². The van der Waals surface area contributed by atoms with E-state index < -0.39 is 20.9 Å². The molecule has 2 aromatic heterocycles. The van der Waals surface area contributed by atoms with Crippen LogP contribution in [-0.2, 0) is 16.1 Å². The molecule has 2 saturated heterocycles. The molecule has 0 radical (unpaired) electrons. The summed E-state index contributed by atoms with van der Waals surface area (Å²) in [5.41, 5.74) is 0.452. The quantitative estimate of drug-likeness (QED) is 0.384. The SMILES string of the molecule is C=S(C)(=O)N1C2CCCC1CC(=NOc1nc3oc(=O)cc(CCCCC)c3c(=O)[nH]1)C2. The van der Waals surface area contributed by atoms with Gasteiger partial charge in [0.25, 0.3) is 5.56 Å². The van der Waals surface area contributed by atoms with Gasteiger partial charge >= 0.3 is 11.6 Å². The average Bonchev–Trinajstić information content (AvgIpc) is 2.70. The lowest BCUT2D eigenvalue weighted by molar-refractivity contribution is 0.175. The highest BCUT2D eigenvalue weighted by Gasteiger charge is 2.39. The second-order valence-electron chi connectivity index (χ2n) is 8.81. The van der Waals surface area contributed by atoms with Crippen LogP contribution in [0, 0.1) is 0 Å². The van der Waals surface area contributed by atoms with E-state index in [0.29, 0.717) is 24.8 Å². The van der Waals surface area contributed by atoms with Crippen molar-refractivity contribution in [3.05, 3.63) is 32.4 Å². The first-order chi connectivity index (χ1) is 15.3. The fourth-order valence-electron chi connectivity index (χ4n) is 4.90. The minimum Gasteiger partial charge on any atom is -0.403 e. The monoisotopic (exact) mass is 462 g/mol. The molecule has 4 heterocycles. The molecule has 2 aromatic rings. The van der Waals surface area contributed by atoms with Crippen LogP contribution >= 0.6 is 0 Å². The maximum absolute atomic E-state index is 12.7. The van der Waals surface area contributed by atoms with Crippen LogP contribution in [0.1, 0.15) is 63.9 Å². The summed E-state index contributed by atoms with van der Waals surface area (Å²) in [6.45, 7) is 2.09. The lowest BCUT2D eigenvalue weighted by atomic mass is 9.86. The summed E-state index contributed by atoms with van der Waals surface area (Å²) in [5.74, 6) is 3.87. The normalized spacial score (nSPS) is 23.1. The van der Waals surface area contributed by atoms with Crippen LogP contribution in [0.2, 0.25) is 0 Å². The highest BCUT2D eigenvalue weighted by atomic mass is 32.2. The first kappa shape index (κ1) is 22.7. The Balaban J connectivity index is 1.57. The maximum atomic E-state index is 12.7. The van der Waals surface area contributed by atoms with Crippen molar-refractivity contribution >= 4 is 32.4 Å². The summed E-state index contributed by atoms with van der Waals surface area (Å²) in [6, 6.07) is 1.48. The van der Waals surface area contributed by atoms with Crippen LogP contribution in [-0.4, -0.2) is 48.4 Å². The summed E-state index contributed by atoms with van der Waals surface area (Å²) in [5, 5.41) is 4.50. The van der Waals surface area contributed by atoms with E-state index >= 15 is 0 Å². The zero-order valence-corrected chi connectivity index (χ0v) is 19.4. The number of H-pyrrole nitrogens is 1. The number of aromatic amines is 1. The highest BCUT2D eigenvalue weighted by molar-refractivity contribution is 7.97. The molecular formula is C22H30N4O5S. The van der Waals surface area contributed by atoms with E-state index in [0.717, 1.165) is 44.2 Å². The van der Waals surface area contributed by atoms with E-state index in [-0.39, 0.29) is 29.2 Å². The van der Waals surface area contributed by atoms with Crippen molar-refractivity contribution in [2.24, 2.45) is 5.16 Å². The second kappa shape index (κ2) is 9.19. The van der Waals surface area contributed by atoms with Gasteiger partial charge in [0, 0.05) is 47.0 Å². The molecule has 0 spiro atoms. The van der Waals surface area contributed by atoms with E-state index in [1.54, 1.807) is 6.26 Å². The standard InChI is InChI=1S/C22H30N4O5S/c1-4-5-6-8-14-11-18(27)30-21-19(14)20(28)23-22(24-21)31-25-15-12-16-9-7-10-17(13-15)26(16)32(2,3)29/h11,16-17H,2,4-10,12-13H2,1,3H3,(H,23,24,28). The van der Waals surface area contributed by atoms with Gasteiger partial charge < -0.3 is 9.25 Å². The van der Waals surface area contributed by atoms with Gasteiger partial charge in [0.2, 0.25) is 5.71 Å². The molecule has 3 atom stereocenters. The molecule has 32 heavy (non-hydrogen) atoms. The molecule has 2 bridgehead atoms. The maximum Gasteiger partial charge on any atom is 0.337 e. The third kappa shape index (κ3) is 4.80. The van der Waals surface area contributed by atoms with Crippen molar-refractivity contribution in [1.29, 1.82) is 0 Å². The topological polar surface area (TPSA) is 118 Å². The van der Waals surface area contributed by atoms with Crippen LogP contribution in [0.4, 0.5) is 0 Å². The fraction of sp³-hybridized carbons (Fsp3) is 0.591. The van der Waals surface area contributed by atoms with Crippen molar-refractivity contribution in [2.45, 2.75) is 76.8 Å². The van der Waals surface area contributed by atoms with Crippen molar-refractivity contribution in [3.63, 3.8) is 0 Å². The Morgan fingerprint density at radius 2 is 2.03 bits per heavy atom. The summed E-state index contributed by atoms with van der Waals surface area (Å²) in [4.78, 5) is 36.9. The Labute approximate surface area is 187 Å². The minimum atomic E-state index is -2.29. The zero-order chi connectivity index (χ0) is 22.9. The molecule has 0 aromatic carbocycles. The molecule has 2 fully saturated rings. The minimum absolute atomic E-state index is 0.0441. The molecule has 2 aliphatic rings. The van der Waals surface area contributed by atoms with E-state index in [1.807, 2.05) is 4.31 Å². The van der Waals surface area contributed by atoms with Crippen LogP contribution in [0.5, 0.6) is 6.01 Å². The van der Waals surface area contributed by atoms with E-state index in [9.17, 15) is 13.8 Å². The van der Waals surface area contributed by atoms with Crippen LogP contribution in [0.15, 0.2) is 25.2 Å². The molecule has 1 N–H and O–H groups in total. The number of rotatable bonds is 7. The number of nitrogens with one attached hydrogen (secondary N) is 1. The number of unbranched alkanes of at least 4 members (excludes halogenated alkanes) is 2. The van der Waals surface area contributed by atoms with E-state index in [4.69, 9.17) is 9.25 Å². The van der Waals surface area contributed by atoms with Gasteiger partial charge in [-0.1, -0.05) is 31.3 Å². The Hall–Kier alpha value is -2.46. The van der Waals surface area contributed by atoms with Gasteiger partial charge in [-0.05, 0) is 37.1 Å². The Morgan fingerprint density at radius 3 is 2.69 bits per heavy atom. The first-order valence-electron chi connectivity index (χ1n) is 11.2. The molecule has 10 heteroatoms. The number of piperidine rings is 2. The van der Waals surface area contributed by atoms with Gasteiger partial charge in [-0.25, -0.2) is 9.10 Å². The van der Waals surface area contributed by atoms with Gasteiger partial charge in [0.05, 0.1) is 5.71 Å². The Bertz CT molecular complexity index is 1230. The van der Waals surface area contributed by atoms with Crippen molar-refractivity contribution in [2.75, 3.05) is 6.26 Å². The van der Waals surface area contributed by atoms with Crippen LogP contribution in [0.3, 0.4) is 0 Å². The molecule has 174 valence electrons. The summed E-state index contributed by atoms with van der Waals surface area (Å²) >= 11 is 0. The van der Waals surface area contributed by atoms with Gasteiger partial charge in [-0.3, -0.25) is 14.0 Å². The van der Waals surface area contributed by atoms with E-state index in [1.165, 1.54) is 6.07 Å². The Morgan fingerprint density at radius 1 is 1.31 bits per heavy atom. The summed E-state index contributed by atoms with van der Waals surface area (Å²) in [6.07, 6.45) is 9.44. The van der Waals surface area contributed by atoms with Crippen molar-refractivity contribution in [3.8, 4) is 6.01 Å². The largest absolute Gasteiger partial charge is 0.403 e. The van der Waals surface area contributed by atoms with Gasteiger partial charge in [-0.15, -0.1) is 0 Å². The first-order valence-corrected chi connectivity index (χ1v) is 13.3. The average molecular weight is 463 g/mol. The smallest absolute Gasteiger partial charge is 0.337 e. The van der Waals surface area contributed by atoms with E-state index in [2.05, 4.69) is 27.9 Å². The number of aryl methyl sites for hydroxylation is 1. The summed E-state index contributed by atoms with van der Waals surface area (Å²) < 4.78 is 19.8. The van der Waals surface area contributed by atoms with Crippen molar-refractivity contribution < 1.29 is 13.5 Å². The number of hydrogen-bond acceptors (Lipinski definition) is 7. The van der Waals surface area contributed by atoms with Crippen LogP contribution < -0.4 is 16.0 Å². The zero-order valence-electron chi connectivity index (χ0n) is 18.6. The molecule has 0 aliphatic carbocycles. The highest BCUT2D eigenvalue weighted by Crippen LogP contribution is 2.34. The number of oxime groups is 1. The molecule has 0 saturated carbocycles. The molecular weight excluding hydrogens is 432 g/mol.